The minimum absolute atomic E-state index is 0.0174. The summed E-state index contributed by atoms with van der Waals surface area (Å²) in [6.45, 7) is 6.37. The predicted octanol–water partition coefficient (Wildman–Crippen LogP) is 4.24. The highest BCUT2D eigenvalue weighted by atomic mass is 32.1. The van der Waals surface area contributed by atoms with E-state index in [1.165, 1.54) is 28.2 Å². The number of fused-ring (bicyclic) bond motifs is 1. The molecule has 0 bridgehead atoms. The number of aromatic nitrogens is 1. The molecule has 0 unspecified atom stereocenters. The minimum Gasteiger partial charge on any atom is -0.297 e. The summed E-state index contributed by atoms with van der Waals surface area (Å²) in [6, 6.07) is 2.04. The summed E-state index contributed by atoms with van der Waals surface area (Å²) in [5.74, 6) is -0.0285. The highest BCUT2D eigenvalue weighted by Crippen LogP contribution is 2.31. The first kappa shape index (κ1) is 13.8. The van der Waals surface area contributed by atoms with Crippen molar-refractivity contribution in [2.75, 3.05) is 5.32 Å². The van der Waals surface area contributed by atoms with Crippen LogP contribution in [0, 0.1) is 0 Å². The number of hydrogen-bond donors (Lipinski definition) is 1. The lowest BCUT2D eigenvalue weighted by Crippen LogP contribution is -2.13. The van der Waals surface area contributed by atoms with Crippen molar-refractivity contribution in [2.24, 2.45) is 0 Å². The molecule has 0 saturated carbocycles. The fraction of sp³-hybridized carbons (Fsp3) is 0.467. The van der Waals surface area contributed by atoms with E-state index in [1.807, 2.05) is 11.4 Å². The molecular weight excluding hydrogens is 288 g/mol. The Labute approximate surface area is 127 Å². The normalized spacial score (nSPS) is 14.3. The van der Waals surface area contributed by atoms with Gasteiger partial charge in [0.1, 0.15) is 0 Å². The fourth-order valence-corrected chi connectivity index (χ4v) is 4.36. The molecule has 2 heterocycles. The van der Waals surface area contributed by atoms with Crippen molar-refractivity contribution >= 4 is 33.7 Å². The van der Waals surface area contributed by atoms with Crippen molar-refractivity contribution in [1.82, 2.24) is 4.98 Å². The average Bonchev–Trinajstić information content (AvgIpc) is 3.00. The lowest BCUT2D eigenvalue weighted by atomic mass is 9.93. The van der Waals surface area contributed by atoms with Crippen LogP contribution >= 0.6 is 22.7 Å². The Morgan fingerprint density at radius 1 is 1.35 bits per heavy atom. The van der Waals surface area contributed by atoms with Crippen LogP contribution in [-0.4, -0.2) is 10.9 Å². The van der Waals surface area contributed by atoms with Crippen molar-refractivity contribution in [3.05, 3.63) is 32.5 Å². The zero-order valence-electron chi connectivity index (χ0n) is 11.9. The van der Waals surface area contributed by atoms with Gasteiger partial charge in [0.05, 0.1) is 10.6 Å². The number of amides is 1. The second-order valence-corrected chi connectivity index (χ2v) is 8.15. The second kappa shape index (κ2) is 4.97. The number of hydrogen-bond acceptors (Lipinski definition) is 4. The lowest BCUT2D eigenvalue weighted by Gasteiger charge is -2.14. The van der Waals surface area contributed by atoms with Crippen LogP contribution in [0.2, 0.25) is 0 Å². The van der Waals surface area contributed by atoms with Crippen molar-refractivity contribution in [2.45, 2.75) is 45.4 Å². The molecule has 2 aromatic rings. The molecule has 20 heavy (non-hydrogen) atoms. The van der Waals surface area contributed by atoms with E-state index in [2.05, 4.69) is 31.1 Å². The van der Waals surface area contributed by atoms with Crippen LogP contribution in [0.4, 0.5) is 5.13 Å². The van der Waals surface area contributed by atoms with E-state index in [0.717, 1.165) is 23.4 Å². The third-order valence-electron chi connectivity index (χ3n) is 3.46. The maximum atomic E-state index is 12.2. The monoisotopic (exact) mass is 306 g/mol. The summed E-state index contributed by atoms with van der Waals surface area (Å²) < 4.78 is 0. The molecular formula is C15H18N2OS2. The Bertz CT molecular complexity index is 628. The van der Waals surface area contributed by atoms with Gasteiger partial charge in [0.25, 0.3) is 5.91 Å². The van der Waals surface area contributed by atoms with Gasteiger partial charge in [-0.05, 0) is 30.9 Å². The highest BCUT2D eigenvalue weighted by Gasteiger charge is 2.21. The van der Waals surface area contributed by atoms with Crippen molar-refractivity contribution in [1.29, 1.82) is 0 Å². The van der Waals surface area contributed by atoms with Gasteiger partial charge in [0, 0.05) is 15.7 Å². The predicted molar refractivity (Wildman–Crippen MR) is 85.1 cm³/mol. The van der Waals surface area contributed by atoms with E-state index in [4.69, 9.17) is 0 Å². The topological polar surface area (TPSA) is 42.0 Å². The van der Waals surface area contributed by atoms with Crippen molar-refractivity contribution < 1.29 is 4.79 Å². The molecule has 3 nitrogen and oxygen atoms in total. The third kappa shape index (κ3) is 2.65. The largest absolute Gasteiger partial charge is 0.297 e. The number of aryl methyl sites for hydroxylation is 2. The van der Waals surface area contributed by atoms with Crippen molar-refractivity contribution in [3.63, 3.8) is 0 Å². The zero-order valence-corrected chi connectivity index (χ0v) is 13.6. The quantitative estimate of drug-likeness (QED) is 0.901. The molecule has 0 atom stereocenters. The maximum Gasteiger partial charge on any atom is 0.267 e. The Morgan fingerprint density at radius 2 is 2.15 bits per heavy atom. The number of carbonyl (C=O) groups is 1. The molecule has 1 amide bonds. The summed E-state index contributed by atoms with van der Waals surface area (Å²) >= 11 is 3.12. The number of rotatable bonds is 2. The third-order valence-corrected chi connectivity index (χ3v) is 5.46. The number of nitrogens with zero attached hydrogens (tertiary/aromatic N) is 1. The summed E-state index contributed by atoms with van der Waals surface area (Å²) in [7, 11) is 0. The van der Waals surface area contributed by atoms with Gasteiger partial charge in [0.2, 0.25) is 0 Å². The van der Waals surface area contributed by atoms with Crippen LogP contribution in [0.5, 0.6) is 0 Å². The molecule has 0 aliphatic heterocycles. The molecule has 0 radical (unpaired) electrons. The molecule has 106 valence electrons. The first-order chi connectivity index (χ1) is 9.43. The van der Waals surface area contributed by atoms with Crippen LogP contribution in [0.25, 0.3) is 0 Å². The molecule has 5 heteroatoms. The SMILES string of the molecule is CC(C)(C)c1csc(NC(=O)c2cc3c(s2)CCC3)n1. The minimum atomic E-state index is -0.0285. The van der Waals surface area contributed by atoms with Gasteiger partial charge in [-0.1, -0.05) is 20.8 Å². The summed E-state index contributed by atoms with van der Waals surface area (Å²) in [5, 5.41) is 5.62. The Hall–Kier alpha value is -1.20. The van der Waals surface area contributed by atoms with Crippen LogP contribution < -0.4 is 5.32 Å². The first-order valence-corrected chi connectivity index (χ1v) is 8.52. The molecule has 0 fully saturated rings. The van der Waals surface area contributed by atoms with E-state index in [1.54, 1.807) is 11.3 Å². The molecule has 1 aliphatic carbocycles. The number of thiophene rings is 1. The van der Waals surface area contributed by atoms with E-state index in [-0.39, 0.29) is 11.3 Å². The van der Waals surface area contributed by atoms with E-state index < -0.39 is 0 Å². The Balaban J connectivity index is 1.74. The van der Waals surface area contributed by atoms with E-state index >= 15 is 0 Å². The van der Waals surface area contributed by atoms with Gasteiger partial charge in [-0.2, -0.15) is 0 Å². The standard InChI is InChI=1S/C15H18N2OS2/c1-15(2,3)12-8-19-14(16-12)17-13(18)11-7-9-5-4-6-10(9)20-11/h7-8H,4-6H2,1-3H3,(H,16,17,18). The van der Waals surface area contributed by atoms with Gasteiger partial charge in [-0.15, -0.1) is 22.7 Å². The van der Waals surface area contributed by atoms with Gasteiger partial charge in [-0.3, -0.25) is 10.1 Å². The molecule has 1 N–H and O–H groups in total. The van der Waals surface area contributed by atoms with E-state index in [9.17, 15) is 4.79 Å². The summed E-state index contributed by atoms with van der Waals surface area (Å²) in [6.07, 6.45) is 3.47. The second-order valence-electron chi connectivity index (χ2n) is 6.15. The summed E-state index contributed by atoms with van der Waals surface area (Å²) in [4.78, 5) is 18.9. The highest BCUT2D eigenvalue weighted by molar-refractivity contribution is 7.15. The van der Waals surface area contributed by atoms with Gasteiger partial charge in [-0.25, -0.2) is 4.98 Å². The average molecular weight is 306 g/mol. The van der Waals surface area contributed by atoms with Crippen molar-refractivity contribution in [3.8, 4) is 0 Å². The molecule has 1 aliphatic rings. The number of carbonyl (C=O) groups excluding carboxylic acids is 1. The zero-order chi connectivity index (χ0) is 14.3. The van der Waals surface area contributed by atoms with Crippen LogP contribution in [0.3, 0.4) is 0 Å². The van der Waals surface area contributed by atoms with Crippen LogP contribution in [0.15, 0.2) is 11.4 Å². The molecule has 2 aromatic heterocycles. The van der Waals surface area contributed by atoms with E-state index in [0.29, 0.717) is 5.13 Å². The van der Waals surface area contributed by atoms with Gasteiger partial charge < -0.3 is 0 Å². The Kier molecular flexibility index (Phi) is 3.42. The number of anilines is 1. The smallest absolute Gasteiger partial charge is 0.267 e. The molecule has 3 rings (SSSR count). The van der Waals surface area contributed by atoms with Gasteiger partial charge in [0.15, 0.2) is 5.13 Å². The Morgan fingerprint density at radius 3 is 2.80 bits per heavy atom. The van der Waals surface area contributed by atoms with Crippen LogP contribution in [0.1, 0.15) is 53.0 Å². The van der Waals surface area contributed by atoms with Gasteiger partial charge >= 0.3 is 0 Å². The van der Waals surface area contributed by atoms with Crippen LogP contribution in [-0.2, 0) is 18.3 Å². The molecule has 0 saturated heterocycles. The summed E-state index contributed by atoms with van der Waals surface area (Å²) in [5.41, 5.74) is 2.39. The maximum absolute atomic E-state index is 12.2. The number of thiazole rings is 1. The molecule has 0 aromatic carbocycles. The molecule has 0 spiro atoms. The number of nitrogens with one attached hydrogen (secondary N) is 1. The first-order valence-electron chi connectivity index (χ1n) is 6.82. The lowest BCUT2D eigenvalue weighted by molar-refractivity contribution is 0.103. The fourth-order valence-electron chi connectivity index (χ4n) is 2.28.